The van der Waals surface area contributed by atoms with E-state index >= 15 is 0 Å². The van der Waals surface area contributed by atoms with Crippen LogP contribution in [0, 0.1) is 32.8 Å². The fourth-order valence-electron chi connectivity index (χ4n) is 3.24. The molecule has 0 aliphatic rings. The number of hydrogen-bond donors (Lipinski definition) is 1. The number of benzene rings is 2. The average molecular weight is 501 g/mol. The molecule has 2 aromatic heterocycles. The Kier molecular flexibility index (Phi) is 5.77. The summed E-state index contributed by atoms with van der Waals surface area (Å²) in [4.78, 5) is 10.5. The van der Waals surface area contributed by atoms with Gasteiger partial charge in [0.05, 0.1) is 16.2 Å². The minimum absolute atomic E-state index is 0.00690. The number of nitrogen functional groups attached to an aromatic ring is 1. The lowest BCUT2D eigenvalue weighted by Crippen LogP contribution is -2.02. The summed E-state index contributed by atoms with van der Waals surface area (Å²) in [5.74, 6) is 0.791. The van der Waals surface area contributed by atoms with Crippen LogP contribution >= 0.6 is 15.9 Å². The first-order chi connectivity index (χ1) is 15.9. The Labute approximate surface area is 195 Å². The molecule has 10 heteroatoms. The van der Waals surface area contributed by atoms with Crippen LogP contribution in [0.3, 0.4) is 0 Å². The van der Waals surface area contributed by atoms with Crippen molar-refractivity contribution < 1.29 is 9.34 Å². The molecule has 0 aliphatic heterocycles. The summed E-state index contributed by atoms with van der Waals surface area (Å²) in [5.41, 5.74) is 7.58. The third-order valence-corrected chi connectivity index (χ3v) is 5.40. The Morgan fingerprint density at radius 2 is 1.94 bits per heavy atom. The maximum absolute atomic E-state index is 11.0. The normalized spacial score (nSPS) is 11.1. The topological polar surface area (TPSA) is 148 Å². The SMILES string of the molecule is N#C/C(=C\c1ccc(-c2ccc([N+](=O)[O-])cc2Br)o1)c1c(C#N)c(N)nn1-c1ccccc1. The highest BCUT2D eigenvalue weighted by molar-refractivity contribution is 9.10. The van der Waals surface area contributed by atoms with Crippen molar-refractivity contribution in [3.8, 4) is 29.1 Å². The molecule has 0 saturated heterocycles. The zero-order chi connectivity index (χ0) is 23.5. The third-order valence-electron chi connectivity index (χ3n) is 4.74. The second-order valence-corrected chi connectivity index (χ2v) is 7.62. The van der Waals surface area contributed by atoms with E-state index in [9.17, 15) is 20.6 Å². The maximum atomic E-state index is 11.0. The van der Waals surface area contributed by atoms with E-state index in [1.165, 1.54) is 22.9 Å². The summed E-state index contributed by atoms with van der Waals surface area (Å²) in [7, 11) is 0. The van der Waals surface area contributed by atoms with Gasteiger partial charge in [-0.15, -0.1) is 5.10 Å². The molecule has 4 aromatic rings. The number of nitriles is 2. The lowest BCUT2D eigenvalue weighted by Gasteiger charge is -2.06. The molecule has 0 saturated carbocycles. The van der Waals surface area contributed by atoms with Crippen LogP contribution in [-0.2, 0) is 0 Å². The zero-order valence-electron chi connectivity index (χ0n) is 16.8. The fourth-order valence-corrected chi connectivity index (χ4v) is 3.80. The van der Waals surface area contributed by atoms with Gasteiger partial charge in [0.15, 0.2) is 5.82 Å². The van der Waals surface area contributed by atoms with E-state index in [0.29, 0.717) is 27.2 Å². The molecule has 2 aromatic carbocycles. The number of hydrogen-bond acceptors (Lipinski definition) is 7. The van der Waals surface area contributed by atoms with Gasteiger partial charge in [-0.2, -0.15) is 10.5 Å². The van der Waals surface area contributed by atoms with Gasteiger partial charge >= 0.3 is 0 Å². The van der Waals surface area contributed by atoms with Crippen molar-refractivity contribution in [2.75, 3.05) is 5.73 Å². The number of non-ortho nitro benzene ring substituents is 1. The Morgan fingerprint density at radius 3 is 2.58 bits per heavy atom. The molecule has 33 heavy (non-hydrogen) atoms. The van der Waals surface area contributed by atoms with Crippen LogP contribution in [0.25, 0.3) is 28.7 Å². The van der Waals surface area contributed by atoms with Crippen molar-refractivity contribution in [2.45, 2.75) is 0 Å². The zero-order valence-corrected chi connectivity index (χ0v) is 18.4. The van der Waals surface area contributed by atoms with Gasteiger partial charge < -0.3 is 10.2 Å². The van der Waals surface area contributed by atoms with Gasteiger partial charge in [-0.05, 0) is 46.3 Å². The van der Waals surface area contributed by atoms with Gasteiger partial charge in [0.25, 0.3) is 5.69 Å². The molecule has 160 valence electrons. The largest absolute Gasteiger partial charge is 0.457 e. The van der Waals surface area contributed by atoms with E-state index in [1.54, 1.807) is 42.5 Å². The second-order valence-electron chi connectivity index (χ2n) is 6.76. The number of rotatable bonds is 5. The molecule has 4 rings (SSSR count). The van der Waals surface area contributed by atoms with Crippen molar-refractivity contribution in [2.24, 2.45) is 0 Å². The monoisotopic (exact) mass is 500 g/mol. The van der Waals surface area contributed by atoms with Crippen LogP contribution in [0.15, 0.2) is 69.6 Å². The predicted molar refractivity (Wildman–Crippen MR) is 125 cm³/mol. The quantitative estimate of drug-likeness (QED) is 0.221. The summed E-state index contributed by atoms with van der Waals surface area (Å²) in [6.45, 7) is 0. The summed E-state index contributed by atoms with van der Waals surface area (Å²) in [6.07, 6.45) is 1.49. The molecular formula is C23H13BrN6O3. The molecule has 9 nitrogen and oxygen atoms in total. The molecule has 0 bridgehead atoms. The van der Waals surface area contributed by atoms with E-state index in [0.717, 1.165) is 0 Å². The fraction of sp³-hybridized carbons (Fsp3) is 0. The molecule has 0 aliphatic carbocycles. The number of nitrogens with zero attached hydrogens (tertiary/aromatic N) is 5. The Hall–Kier alpha value is -4.67. The molecule has 2 heterocycles. The summed E-state index contributed by atoms with van der Waals surface area (Å²) in [5, 5.41) is 34.7. The summed E-state index contributed by atoms with van der Waals surface area (Å²) in [6, 6.07) is 20.8. The number of furan rings is 1. The van der Waals surface area contributed by atoms with Crippen molar-refractivity contribution in [1.82, 2.24) is 9.78 Å². The number of nitrogens with two attached hydrogens (primary N) is 1. The number of halogens is 1. The first kappa shape index (κ1) is 21.6. The molecule has 0 amide bonds. The van der Waals surface area contributed by atoms with Gasteiger partial charge in [-0.3, -0.25) is 10.1 Å². The van der Waals surface area contributed by atoms with Gasteiger partial charge in [0.2, 0.25) is 0 Å². The Bertz CT molecular complexity index is 1490. The number of aromatic nitrogens is 2. The molecule has 0 radical (unpaired) electrons. The van der Waals surface area contributed by atoms with E-state index in [4.69, 9.17) is 10.2 Å². The van der Waals surface area contributed by atoms with Gasteiger partial charge in [-0.25, -0.2) is 4.68 Å². The molecule has 0 fully saturated rings. The highest BCUT2D eigenvalue weighted by atomic mass is 79.9. The number of nitro groups is 1. The van der Waals surface area contributed by atoms with Gasteiger partial charge in [0.1, 0.15) is 34.9 Å². The number of nitro benzene ring substituents is 1. The first-order valence-corrected chi connectivity index (χ1v) is 10.2. The highest BCUT2D eigenvalue weighted by Gasteiger charge is 2.21. The van der Waals surface area contributed by atoms with Crippen LogP contribution in [0.4, 0.5) is 11.5 Å². The summed E-state index contributed by atoms with van der Waals surface area (Å²) < 4.78 is 7.79. The van der Waals surface area contributed by atoms with Crippen LogP contribution < -0.4 is 5.73 Å². The average Bonchev–Trinajstić information content (AvgIpc) is 3.41. The lowest BCUT2D eigenvalue weighted by molar-refractivity contribution is -0.384. The van der Waals surface area contributed by atoms with E-state index in [1.807, 2.05) is 12.1 Å². The standard InChI is InChI=1S/C23H13BrN6O3/c24-20-11-16(30(31)32)6-8-18(20)21-9-7-17(33-21)10-14(12-25)22-19(13-26)23(27)28-29(22)15-4-2-1-3-5-15/h1-11H,(H2,27,28)/b14-10+. The van der Waals surface area contributed by atoms with Gasteiger partial charge in [0, 0.05) is 28.2 Å². The smallest absolute Gasteiger partial charge is 0.270 e. The predicted octanol–water partition coefficient (Wildman–Crippen LogP) is 5.32. The molecule has 0 spiro atoms. The Morgan fingerprint density at radius 1 is 1.18 bits per heavy atom. The van der Waals surface area contributed by atoms with E-state index < -0.39 is 4.92 Å². The molecule has 2 N–H and O–H groups in total. The van der Waals surface area contributed by atoms with Crippen molar-refractivity contribution in [3.05, 3.63) is 92.3 Å². The van der Waals surface area contributed by atoms with Crippen molar-refractivity contribution >= 4 is 39.1 Å². The first-order valence-electron chi connectivity index (χ1n) is 9.43. The maximum Gasteiger partial charge on any atom is 0.270 e. The molecule has 0 atom stereocenters. The molecule has 0 unspecified atom stereocenters. The Balaban J connectivity index is 1.79. The van der Waals surface area contributed by atoms with E-state index in [2.05, 4.69) is 27.1 Å². The third kappa shape index (κ3) is 4.11. The van der Waals surface area contributed by atoms with E-state index in [-0.39, 0.29) is 28.3 Å². The van der Waals surface area contributed by atoms with Crippen LogP contribution in [-0.4, -0.2) is 14.7 Å². The summed E-state index contributed by atoms with van der Waals surface area (Å²) >= 11 is 3.33. The van der Waals surface area contributed by atoms with Crippen molar-refractivity contribution in [3.63, 3.8) is 0 Å². The van der Waals surface area contributed by atoms with Gasteiger partial charge in [-0.1, -0.05) is 18.2 Å². The van der Waals surface area contributed by atoms with Crippen LogP contribution in [0.2, 0.25) is 0 Å². The number of anilines is 1. The highest BCUT2D eigenvalue weighted by Crippen LogP contribution is 2.34. The minimum Gasteiger partial charge on any atom is -0.457 e. The lowest BCUT2D eigenvalue weighted by atomic mass is 10.1. The molecular weight excluding hydrogens is 488 g/mol. The number of allylic oxidation sites excluding steroid dienone is 1. The van der Waals surface area contributed by atoms with Crippen molar-refractivity contribution in [1.29, 1.82) is 10.5 Å². The minimum atomic E-state index is -0.488. The number of para-hydroxylation sites is 1. The van der Waals surface area contributed by atoms with Crippen LogP contribution in [0.5, 0.6) is 0 Å². The van der Waals surface area contributed by atoms with Crippen LogP contribution in [0.1, 0.15) is 17.0 Å². The second kappa shape index (κ2) is 8.83.